The van der Waals surface area contributed by atoms with E-state index in [2.05, 4.69) is 16.3 Å². The number of aromatic amines is 1. The van der Waals surface area contributed by atoms with Crippen LogP contribution in [-0.4, -0.2) is 10.2 Å². The first-order valence-electron chi connectivity index (χ1n) is 4.34. The molecule has 0 unspecified atom stereocenters. The van der Waals surface area contributed by atoms with Crippen molar-refractivity contribution in [3.05, 3.63) is 17.0 Å². The van der Waals surface area contributed by atoms with Crippen LogP contribution in [0.4, 0.5) is 0 Å². The summed E-state index contributed by atoms with van der Waals surface area (Å²) in [6.07, 6.45) is 5.15. The molecule has 1 aromatic rings. The van der Waals surface area contributed by atoms with E-state index >= 15 is 0 Å². The standard InChI is InChI=1S/C9H11N3/c10-6-5-9-7-3-1-2-4-8(7)11-12-9/h1-5H2,(H,11,12). The maximum Gasteiger partial charge on any atom is 0.0797 e. The Labute approximate surface area is 71.4 Å². The van der Waals surface area contributed by atoms with Crippen molar-refractivity contribution in [2.45, 2.75) is 32.1 Å². The van der Waals surface area contributed by atoms with Gasteiger partial charge in [-0.25, -0.2) is 0 Å². The molecule has 0 saturated heterocycles. The molecule has 0 atom stereocenters. The van der Waals surface area contributed by atoms with E-state index in [1.54, 1.807) is 0 Å². The second-order valence-corrected chi connectivity index (χ2v) is 3.17. The summed E-state index contributed by atoms with van der Waals surface area (Å²) in [5, 5.41) is 15.7. The SMILES string of the molecule is N#CCc1n[nH]c2c1CCCC2. The molecular formula is C9H11N3. The molecule has 1 heterocycles. The smallest absolute Gasteiger partial charge is 0.0797 e. The van der Waals surface area contributed by atoms with Crippen LogP contribution < -0.4 is 0 Å². The van der Waals surface area contributed by atoms with Crippen molar-refractivity contribution in [2.24, 2.45) is 0 Å². The lowest BCUT2D eigenvalue weighted by molar-refractivity contribution is 0.673. The third-order valence-corrected chi connectivity index (χ3v) is 2.39. The zero-order chi connectivity index (χ0) is 8.39. The summed E-state index contributed by atoms with van der Waals surface area (Å²) >= 11 is 0. The summed E-state index contributed by atoms with van der Waals surface area (Å²) in [7, 11) is 0. The van der Waals surface area contributed by atoms with E-state index in [4.69, 9.17) is 5.26 Å². The van der Waals surface area contributed by atoms with Crippen LogP contribution in [0.3, 0.4) is 0 Å². The number of hydrogen-bond donors (Lipinski definition) is 1. The minimum Gasteiger partial charge on any atom is -0.282 e. The molecule has 1 aliphatic carbocycles. The van der Waals surface area contributed by atoms with Gasteiger partial charge in [0.15, 0.2) is 0 Å². The van der Waals surface area contributed by atoms with Crippen LogP contribution in [0.1, 0.15) is 29.8 Å². The highest BCUT2D eigenvalue weighted by molar-refractivity contribution is 5.29. The van der Waals surface area contributed by atoms with Crippen molar-refractivity contribution in [3.63, 3.8) is 0 Å². The van der Waals surface area contributed by atoms with Crippen LogP contribution in [0.2, 0.25) is 0 Å². The first-order chi connectivity index (χ1) is 5.92. The number of nitrogens with one attached hydrogen (secondary N) is 1. The fourth-order valence-electron chi connectivity index (χ4n) is 1.77. The number of nitriles is 1. The van der Waals surface area contributed by atoms with Crippen LogP contribution in [0.15, 0.2) is 0 Å². The van der Waals surface area contributed by atoms with Gasteiger partial charge in [0.05, 0.1) is 18.2 Å². The van der Waals surface area contributed by atoms with Crippen LogP contribution in [-0.2, 0) is 19.3 Å². The number of rotatable bonds is 1. The van der Waals surface area contributed by atoms with E-state index in [1.165, 1.54) is 24.1 Å². The highest BCUT2D eigenvalue weighted by Crippen LogP contribution is 2.21. The monoisotopic (exact) mass is 161 g/mol. The summed E-state index contributed by atoms with van der Waals surface area (Å²) < 4.78 is 0. The van der Waals surface area contributed by atoms with Gasteiger partial charge in [0, 0.05) is 5.69 Å². The molecular weight excluding hydrogens is 150 g/mol. The second-order valence-electron chi connectivity index (χ2n) is 3.17. The van der Waals surface area contributed by atoms with Crippen molar-refractivity contribution in [1.29, 1.82) is 5.26 Å². The van der Waals surface area contributed by atoms with Crippen molar-refractivity contribution in [3.8, 4) is 6.07 Å². The molecule has 1 aliphatic rings. The first-order valence-corrected chi connectivity index (χ1v) is 4.34. The Morgan fingerprint density at radius 2 is 2.25 bits per heavy atom. The van der Waals surface area contributed by atoms with E-state index in [-0.39, 0.29) is 0 Å². The van der Waals surface area contributed by atoms with Gasteiger partial charge < -0.3 is 0 Å². The van der Waals surface area contributed by atoms with Gasteiger partial charge in [0.25, 0.3) is 0 Å². The fourth-order valence-corrected chi connectivity index (χ4v) is 1.77. The van der Waals surface area contributed by atoms with Gasteiger partial charge in [0.1, 0.15) is 0 Å². The maximum atomic E-state index is 8.54. The third-order valence-electron chi connectivity index (χ3n) is 2.39. The minimum absolute atomic E-state index is 0.450. The van der Waals surface area contributed by atoms with E-state index in [0.29, 0.717) is 6.42 Å². The molecule has 3 nitrogen and oxygen atoms in total. The summed E-state index contributed by atoms with van der Waals surface area (Å²) in [6.45, 7) is 0. The number of nitrogens with zero attached hydrogens (tertiary/aromatic N) is 2. The Morgan fingerprint density at radius 1 is 1.42 bits per heavy atom. The average molecular weight is 161 g/mol. The lowest BCUT2D eigenvalue weighted by Gasteiger charge is -2.09. The molecule has 0 fully saturated rings. The molecule has 62 valence electrons. The maximum absolute atomic E-state index is 8.54. The summed E-state index contributed by atoms with van der Waals surface area (Å²) in [4.78, 5) is 0. The van der Waals surface area contributed by atoms with Gasteiger partial charge in [-0.15, -0.1) is 0 Å². The predicted octanol–water partition coefficient (Wildman–Crippen LogP) is 1.35. The molecule has 1 N–H and O–H groups in total. The van der Waals surface area contributed by atoms with E-state index < -0.39 is 0 Å². The Bertz CT molecular complexity index is 319. The Hall–Kier alpha value is -1.30. The topological polar surface area (TPSA) is 52.5 Å². The van der Waals surface area contributed by atoms with Gasteiger partial charge >= 0.3 is 0 Å². The van der Waals surface area contributed by atoms with E-state index in [1.807, 2.05) is 0 Å². The number of aryl methyl sites for hydroxylation is 1. The molecule has 0 spiro atoms. The Balaban J connectivity index is 2.33. The van der Waals surface area contributed by atoms with Gasteiger partial charge in [-0.3, -0.25) is 5.10 Å². The fraction of sp³-hybridized carbons (Fsp3) is 0.556. The summed E-state index contributed by atoms with van der Waals surface area (Å²) in [5.74, 6) is 0. The lowest BCUT2D eigenvalue weighted by Crippen LogP contribution is -2.02. The molecule has 3 heteroatoms. The zero-order valence-electron chi connectivity index (χ0n) is 6.93. The minimum atomic E-state index is 0.450. The quantitative estimate of drug-likeness (QED) is 0.676. The molecule has 0 aromatic carbocycles. The van der Waals surface area contributed by atoms with Gasteiger partial charge in [-0.1, -0.05) is 0 Å². The summed E-state index contributed by atoms with van der Waals surface area (Å²) in [5.41, 5.74) is 3.53. The zero-order valence-corrected chi connectivity index (χ0v) is 6.93. The van der Waals surface area contributed by atoms with Crippen LogP contribution in [0, 0.1) is 11.3 Å². The third kappa shape index (κ3) is 1.10. The van der Waals surface area contributed by atoms with E-state index in [0.717, 1.165) is 18.5 Å². The first kappa shape index (κ1) is 7.35. The number of fused-ring (bicyclic) bond motifs is 1. The normalized spacial score (nSPS) is 15.2. The Kier molecular flexibility index (Phi) is 1.83. The predicted molar refractivity (Wildman–Crippen MR) is 44.5 cm³/mol. The highest BCUT2D eigenvalue weighted by atomic mass is 15.1. The molecule has 0 radical (unpaired) electrons. The van der Waals surface area contributed by atoms with Gasteiger partial charge in [-0.05, 0) is 31.2 Å². The van der Waals surface area contributed by atoms with Crippen molar-refractivity contribution in [2.75, 3.05) is 0 Å². The molecule has 0 amide bonds. The lowest BCUT2D eigenvalue weighted by atomic mass is 9.95. The molecule has 1 aromatic heterocycles. The Morgan fingerprint density at radius 3 is 3.08 bits per heavy atom. The van der Waals surface area contributed by atoms with Crippen LogP contribution in [0.5, 0.6) is 0 Å². The summed E-state index contributed by atoms with van der Waals surface area (Å²) in [6, 6.07) is 2.14. The van der Waals surface area contributed by atoms with Crippen molar-refractivity contribution in [1.82, 2.24) is 10.2 Å². The van der Waals surface area contributed by atoms with Gasteiger partial charge in [0.2, 0.25) is 0 Å². The van der Waals surface area contributed by atoms with Crippen molar-refractivity contribution >= 4 is 0 Å². The van der Waals surface area contributed by atoms with Crippen LogP contribution >= 0.6 is 0 Å². The van der Waals surface area contributed by atoms with Crippen molar-refractivity contribution < 1.29 is 0 Å². The number of H-pyrrole nitrogens is 1. The molecule has 0 saturated carbocycles. The van der Waals surface area contributed by atoms with Crippen LogP contribution in [0.25, 0.3) is 0 Å². The molecule has 2 rings (SSSR count). The number of aromatic nitrogens is 2. The molecule has 0 aliphatic heterocycles. The average Bonchev–Trinajstić information content (AvgIpc) is 2.50. The van der Waals surface area contributed by atoms with Gasteiger partial charge in [-0.2, -0.15) is 10.4 Å². The molecule has 0 bridgehead atoms. The molecule has 12 heavy (non-hydrogen) atoms. The number of hydrogen-bond acceptors (Lipinski definition) is 2. The second kappa shape index (κ2) is 2.98. The van der Waals surface area contributed by atoms with E-state index in [9.17, 15) is 0 Å². The highest BCUT2D eigenvalue weighted by Gasteiger charge is 2.15. The largest absolute Gasteiger partial charge is 0.282 e.